The summed E-state index contributed by atoms with van der Waals surface area (Å²) in [6.45, 7) is 0.595. The lowest BCUT2D eigenvalue weighted by molar-refractivity contribution is 0.0696. The van der Waals surface area contributed by atoms with Crippen LogP contribution >= 0.6 is 0 Å². The Hall–Kier alpha value is -2.57. The zero-order valence-electron chi connectivity index (χ0n) is 10.7. The number of hydrogen-bond acceptors (Lipinski definition) is 5. The first-order valence-electron chi connectivity index (χ1n) is 5.65. The van der Waals surface area contributed by atoms with E-state index in [1.807, 2.05) is 25.2 Å². The molecule has 0 aliphatic carbocycles. The zero-order valence-corrected chi connectivity index (χ0v) is 10.7. The zero-order chi connectivity index (χ0) is 14.0. The van der Waals surface area contributed by atoms with Crippen molar-refractivity contribution in [2.24, 2.45) is 7.05 Å². The molecule has 0 saturated carbocycles. The van der Waals surface area contributed by atoms with E-state index in [2.05, 4.69) is 10.1 Å². The molecule has 0 bridgehead atoms. The Morgan fingerprint density at radius 2 is 2.26 bits per heavy atom. The van der Waals surface area contributed by atoms with Crippen molar-refractivity contribution in [1.82, 2.24) is 14.8 Å². The maximum atomic E-state index is 10.8. The Labute approximate surface area is 110 Å². The monoisotopic (exact) mass is 261 g/mol. The number of carbonyl (C=O) groups is 1. The van der Waals surface area contributed by atoms with E-state index in [-0.39, 0.29) is 5.56 Å². The number of carboxylic acid groups (broad SMARTS) is 1. The summed E-state index contributed by atoms with van der Waals surface area (Å²) in [4.78, 5) is 16.7. The number of hydrogen-bond donors (Lipinski definition) is 2. The normalized spacial score (nSPS) is 10.4. The van der Waals surface area contributed by atoms with Gasteiger partial charge in [-0.25, -0.2) is 9.78 Å². The number of aryl methyl sites for hydroxylation is 1. The quantitative estimate of drug-likeness (QED) is 0.842. The fourth-order valence-corrected chi connectivity index (χ4v) is 1.81. The van der Waals surface area contributed by atoms with Gasteiger partial charge in [0.05, 0.1) is 17.4 Å². The van der Waals surface area contributed by atoms with Crippen molar-refractivity contribution in [3.05, 3.63) is 35.8 Å². The van der Waals surface area contributed by atoms with Gasteiger partial charge in [0.15, 0.2) is 5.82 Å². The van der Waals surface area contributed by atoms with Crippen molar-refractivity contribution in [2.75, 3.05) is 17.7 Å². The van der Waals surface area contributed by atoms with Crippen LogP contribution in [0.1, 0.15) is 15.9 Å². The summed E-state index contributed by atoms with van der Waals surface area (Å²) in [5, 5.41) is 12.9. The van der Waals surface area contributed by atoms with Gasteiger partial charge < -0.3 is 15.7 Å². The number of nitrogens with two attached hydrogens (primary N) is 1. The third-order valence-corrected chi connectivity index (χ3v) is 2.68. The van der Waals surface area contributed by atoms with E-state index in [1.165, 1.54) is 12.3 Å². The van der Waals surface area contributed by atoms with Gasteiger partial charge in [0, 0.05) is 38.6 Å². The Morgan fingerprint density at radius 3 is 2.79 bits per heavy atom. The molecular weight excluding hydrogens is 246 g/mol. The molecule has 2 heterocycles. The van der Waals surface area contributed by atoms with E-state index in [4.69, 9.17) is 10.8 Å². The third-order valence-electron chi connectivity index (χ3n) is 2.68. The largest absolute Gasteiger partial charge is 0.478 e. The molecule has 3 N–H and O–H groups in total. The van der Waals surface area contributed by atoms with Crippen LogP contribution in [-0.4, -0.2) is 32.9 Å². The standard InChI is InChI=1S/C12H15N5O2/c1-16(6-8-4-15-17(2)7-8)11-10(13)3-9(5-14-11)12(18)19/h3-5,7H,6,13H2,1-2H3,(H,18,19). The van der Waals surface area contributed by atoms with Crippen molar-refractivity contribution in [3.8, 4) is 0 Å². The van der Waals surface area contributed by atoms with Gasteiger partial charge in [0.1, 0.15) is 0 Å². The molecule has 0 saturated heterocycles. The highest BCUT2D eigenvalue weighted by Gasteiger charge is 2.12. The number of aromatic carboxylic acids is 1. The van der Waals surface area contributed by atoms with Crippen LogP contribution in [0.5, 0.6) is 0 Å². The van der Waals surface area contributed by atoms with Crippen LogP contribution in [0.15, 0.2) is 24.7 Å². The highest BCUT2D eigenvalue weighted by Crippen LogP contribution is 2.21. The lowest BCUT2D eigenvalue weighted by atomic mass is 10.2. The van der Waals surface area contributed by atoms with Crippen LogP contribution < -0.4 is 10.6 Å². The maximum Gasteiger partial charge on any atom is 0.337 e. The molecule has 2 aromatic rings. The molecule has 2 aromatic heterocycles. The van der Waals surface area contributed by atoms with Crippen molar-refractivity contribution >= 4 is 17.5 Å². The van der Waals surface area contributed by atoms with Gasteiger partial charge in [-0.3, -0.25) is 4.68 Å². The summed E-state index contributed by atoms with van der Waals surface area (Å²) in [6.07, 6.45) is 4.96. The predicted molar refractivity (Wildman–Crippen MR) is 70.9 cm³/mol. The Bertz CT molecular complexity index is 608. The van der Waals surface area contributed by atoms with E-state index >= 15 is 0 Å². The van der Waals surface area contributed by atoms with Crippen LogP contribution in [0.3, 0.4) is 0 Å². The minimum atomic E-state index is -1.04. The number of anilines is 2. The van der Waals surface area contributed by atoms with Gasteiger partial charge in [-0.2, -0.15) is 5.10 Å². The van der Waals surface area contributed by atoms with Gasteiger partial charge in [0.25, 0.3) is 0 Å². The fourth-order valence-electron chi connectivity index (χ4n) is 1.81. The minimum Gasteiger partial charge on any atom is -0.478 e. The second-order valence-corrected chi connectivity index (χ2v) is 4.32. The highest BCUT2D eigenvalue weighted by atomic mass is 16.4. The van der Waals surface area contributed by atoms with Gasteiger partial charge in [-0.1, -0.05) is 0 Å². The molecule has 0 aliphatic rings. The molecule has 2 rings (SSSR count). The molecule has 0 fully saturated rings. The van der Waals surface area contributed by atoms with Crippen molar-refractivity contribution in [3.63, 3.8) is 0 Å². The van der Waals surface area contributed by atoms with Gasteiger partial charge in [0.2, 0.25) is 0 Å². The van der Waals surface area contributed by atoms with Crippen LogP contribution in [0.4, 0.5) is 11.5 Å². The summed E-state index contributed by atoms with van der Waals surface area (Å²) in [5.74, 6) is -0.491. The predicted octanol–water partition coefficient (Wildman–Crippen LogP) is 0.732. The van der Waals surface area contributed by atoms with Crippen molar-refractivity contribution in [2.45, 2.75) is 6.54 Å². The highest BCUT2D eigenvalue weighted by molar-refractivity contribution is 5.89. The maximum absolute atomic E-state index is 10.8. The fraction of sp³-hybridized carbons (Fsp3) is 0.250. The lowest BCUT2D eigenvalue weighted by Crippen LogP contribution is -2.19. The summed E-state index contributed by atoms with van der Waals surface area (Å²) >= 11 is 0. The number of nitrogen functional groups attached to an aromatic ring is 1. The molecule has 0 aliphatic heterocycles. The Kier molecular flexibility index (Phi) is 3.37. The topological polar surface area (TPSA) is 97.3 Å². The number of carboxylic acids is 1. The SMILES string of the molecule is CN(Cc1cnn(C)c1)c1ncc(C(=O)O)cc1N. The van der Waals surface area contributed by atoms with E-state index in [1.54, 1.807) is 10.9 Å². The second-order valence-electron chi connectivity index (χ2n) is 4.32. The Balaban J connectivity index is 2.19. The molecule has 0 spiro atoms. The van der Waals surface area contributed by atoms with Crippen LogP contribution in [0.25, 0.3) is 0 Å². The van der Waals surface area contributed by atoms with Gasteiger partial charge in [-0.15, -0.1) is 0 Å². The number of rotatable bonds is 4. The summed E-state index contributed by atoms with van der Waals surface area (Å²) in [6, 6.07) is 1.41. The average molecular weight is 261 g/mol. The summed E-state index contributed by atoms with van der Waals surface area (Å²) in [5.41, 5.74) is 7.27. The van der Waals surface area contributed by atoms with Crippen LogP contribution in [0.2, 0.25) is 0 Å². The molecule has 100 valence electrons. The smallest absolute Gasteiger partial charge is 0.337 e. The molecule has 0 radical (unpaired) electrons. The Morgan fingerprint density at radius 1 is 1.53 bits per heavy atom. The summed E-state index contributed by atoms with van der Waals surface area (Å²) in [7, 11) is 3.68. The molecule has 19 heavy (non-hydrogen) atoms. The molecule has 0 aromatic carbocycles. The minimum absolute atomic E-state index is 0.0797. The first kappa shape index (κ1) is 12.9. The van der Waals surface area contributed by atoms with E-state index in [0.717, 1.165) is 5.56 Å². The van der Waals surface area contributed by atoms with E-state index < -0.39 is 5.97 Å². The molecule has 0 amide bonds. The number of aromatic nitrogens is 3. The molecule has 7 heteroatoms. The van der Waals surface area contributed by atoms with E-state index in [0.29, 0.717) is 18.1 Å². The number of nitrogens with zero attached hydrogens (tertiary/aromatic N) is 4. The average Bonchev–Trinajstić information content (AvgIpc) is 2.74. The molecule has 0 unspecified atom stereocenters. The lowest BCUT2D eigenvalue weighted by Gasteiger charge is -2.19. The third kappa shape index (κ3) is 2.82. The first-order chi connectivity index (χ1) is 8.97. The van der Waals surface area contributed by atoms with Crippen LogP contribution in [-0.2, 0) is 13.6 Å². The summed E-state index contributed by atoms with van der Waals surface area (Å²) < 4.78 is 1.72. The van der Waals surface area contributed by atoms with E-state index in [9.17, 15) is 4.79 Å². The first-order valence-corrected chi connectivity index (χ1v) is 5.65. The molecule has 7 nitrogen and oxygen atoms in total. The van der Waals surface area contributed by atoms with Gasteiger partial charge >= 0.3 is 5.97 Å². The molecule has 0 atom stereocenters. The molecular formula is C12H15N5O2. The van der Waals surface area contributed by atoms with Crippen LogP contribution in [0, 0.1) is 0 Å². The van der Waals surface area contributed by atoms with Crippen molar-refractivity contribution in [1.29, 1.82) is 0 Å². The second kappa shape index (κ2) is 4.97. The van der Waals surface area contributed by atoms with Crippen molar-refractivity contribution < 1.29 is 9.90 Å². The van der Waals surface area contributed by atoms with Gasteiger partial charge in [-0.05, 0) is 6.07 Å². The number of pyridine rings is 1.